The molecule has 0 spiro atoms. The lowest BCUT2D eigenvalue weighted by Crippen LogP contribution is -2.31. The molecule has 0 aliphatic carbocycles. The van der Waals surface area contributed by atoms with E-state index < -0.39 is 24.5 Å². The van der Waals surface area contributed by atoms with Crippen molar-refractivity contribution in [3.63, 3.8) is 0 Å². The second-order valence-corrected chi connectivity index (χ2v) is 5.09. The normalized spacial score (nSPS) is 11.7. The molecule has 2 rings (SSSR count). The van der Waals surface area contributed by atoms with E-state index >= 15 is 0 Å². The minimum Gasteiger partial charge on any atom is -0.469 e. The van der Waals surface area contributed by atoms with Gasteiger partial charge >= 0.3 is 12.6 Å². The van der Waals surface area contributed by atoms with Gasteiger partial charge in [0.2, 0.25) is 0 Å². The number of rotatable bonds is 7. The Labute approximate surface area is 143 Å². The first-order valence-corrected chi connectivity index (χ1v) is 7.47. The Bertz CT molecular complexity index is 722. The topological polar surface area (TPSA) is 64.6 Å². The lowest BCUT2D eigenvalue weighted by molar-refractivity contribution is -0.141. The number of halogens is 2. The fourth-order valence-corrected chi connectivity index (χ4v) is 2.28. The molecule has 132 valence electrons. The van der Waals surface area contributed by atoms with Gasteiger partial charge in [-0.05, 0) is 17.7 Å². The first-order chi connectivity index (χ1) is 12.0. The molecular formula is C18H17F2NO4. The zero-order valence-electron chi connectivity index (χ0n) is 13.4. The summed E-state index contributed by atoms with van der Waals surface area (Å²) in [6, 6.07) is 13.8. The van der Waals surface area contributed by atoms with E-state index in [4.69, 9.17) is 0 Å². The van der Waals surface area contributed by atoms with Gasteiger partial charge in [-0.15, -0.1) is 0 Å². The number of nitrogens with one attached hydrogen (secondary N) is 1. The summed E-state index contributed by atoms with van der Waals surface area (Å²) in [7, 11) is 1.25. The molecule has 0 radical (unpaired) electrons. The van der Waals surface area contributed by atoms with E-state index in [1.807, 2.05) is 0 Å². The summed E-state index contributed by atoms with van der Waals surface area (Å²) < 4.78 is 34.0. The van der Waals surface area contributed by atoms with E-state index in [1.54, 1.807) is 30.3 Å². The van der Waals surface area contributed by atoms with Crippen molar-refractivity contribution in [2.24, 2.45) is 0 Å². The van der Waals surface area contributed by atoms with Crippen LogP contribution in [0.2, 0.25) is 0 Å². The largest absolute Gasteiger partial charge is 0.469 e. The summed E-state index contributed by atoms with van der Waals surface area (Å²) >= 11 is 0. The molecule has 0 aromatic heterocycles. The predicted molar refractivity (Wildman–Crippen MR) is 86.4 cm³/mol. The summed E-state index contributed by atoms with van der Waals surface area (Å²) in [5, 5.41) is 2.66. The standard InChI is InChI=1S/C18H17F2NO4/c1-24-16(22)11-14(12-7-3-2-4-8-12)21-17(23)13-9-5-6-10-15(13)25-18(19)20/h2-10,14,18H,11H2,1H3,(H,21,23). The van der Waals surface area contributed by atoms with Crippen molar-refractivity contribution in [2.75, 3.05) is 7.11 Å². The molecule has 0 saturated heterocycles. The second kappa shape index (κ2) is 8.77. The van der Waals surface area contributed by atoms with E-state index in [9.17, 15) is 18.4 Å². The van der Waals surface area contributed by atoms with E-state index in [0.29, 0.717) is 5.56 Å². The van der Waals surface area contributed by atoms with Crippen molar-refractivity contribution in [3.8, 4) is 5.75 Å². The maximum Gasteiger partial charge on any atom is 0.387 e. The van der Waals surface area contributed by atoms with Crippen LogP contribution in [0.3, 0.4) is 0 Å². The lowest BCUT2D eigenvalue weighted by Gasteiger charge is -2.19. The third-order valence-corrected chi connectivity index (χ3v) is 3.45. The van der Waals surface area contributed by atoms with Crippen LogP contribution in [-0.2, 0) is 9.53 Å². The number of carbonyl (C=O) groups excluding carboxylic acids is 2. The second-order valence-electron chi connectivity index (χ2n) is 5.09. The monoisotopic (exact) mass is 349 g/mol. The molecular weight excluding hydrogens is 332 g/mol. The molecule has 2 aromatic rings. The van der Waals surface area contributed by atoms with Crippen LogP contribution in [0.4, 0.5) is 8.78 Å². The van der Waals surface area contributed by atoms with E-state index in [1.165, 1.54) is 31.4 Å². The van der Waals surface area contributed by atoms with Gasteiger partial charge in [0.25, 0.3) is 5.91 Å². The smallest absolute Gasteiger partial charge is 0.387 e. The lowest BCUT2D eigenvalue weighted by atomic mass is 10.0. The van der Waals surface area contributed by atoms with Crippen molar-refractivity contribution in [3.05, 3.63) is 65.7 Å². The van der Waals surface area contributed by atoms with Crippen LogP contribution in [0.1, 0.15) is 28.4 Å². The van der Waals surface area contributed by atoms with Gasteiger partial charge < -0.3 is 14.8 Å². The highest BCUT2D eigenvalue weighted by atomic mass is 19.3. The van der Waals surface area contributed by atoms with Crippen molar-refractivity contribution < 1.29 is 27.8 Å². The highest BCUT2D eigenvalue weighted by molar-refractivity contribution is 5.97. The van der Waals surface area contributed by atoms with Crippen molar-refractivity contribution in [1.29, 1.82) is 0 Å². The third kappa shape index (κ3) is 5.27. The molecule has 0 saturated carbocycles. The molecule has 0 heterocycles. The Hall–Kier alpha value is -2.96. The molecule has 1 unspecified atom stereocenters. The Balaban J connectivity index is 2.24. The predicted octanol–water partition coefficient (Wildman–Crippen LogP) is 3.32. The molecule has 0 aliphatic rings. The van der Waals surface area contributed by atoms with Crippen LogP contribution in [0.5, 0.6) is 5.75 Å². The molecule has 0 aliphatic heterocycles. The molecule has 25 heavy (non-hydrogen) atoms. The van der Waals surface area contributed by atoms with E-state index in [-0.39, 0.29) is 17.7 Å². The first kappa shape index (κ1) is 18.4. The van der Waals surface area contributed by atoms with Gasteiger partial charge in [0.05, 0.1) is 25.1 Å². The quantitative estimate of drug-likeness (QED) is 0.779. The number of amides is 1. The first-order valence-electron chi connectivity index (χ1n) is 7.47. The van der Waals surface area contributed by atoms with E-state index in [0.717, 1.165) is 0 Å². The van der Waals surface area contributed by atoms with Gasteiger partial charge in [-0.25, -0.2) is 0 Å². The average molecular weight is 349 g/mol. The fraction of sp³-hybridized carbons (Fsp3) is 0.222. The number of ether oxygens (including phenoxy) is 2. The van der Waals surface area contributed by atoms with Crippen LogP contribution in [-0.4, -0.2) is 25.6 Å². The number of esters is 1. The average Bonchev–Trinajstić information content (AvgIpc) is 2.61. The summed E-state index contributed by atoms with van der Waals surface area (Å²) in [6.45, 7) is -3.05. The minimum absolute atomic E-state index is 0.0476. The highest BCUT2D eigenvalue weighted by Crippen LogP contribution is 2.23. The van der Waals surface area contributed by atoms with Crippen LogP contribution in [0.15, 0.2) is 54.6 Å². The number of hydrogen-bond donors (Lipinski definition) is 1. The Kier molecular flexibility index (Phi) is 6.45. The van der Waals surface area contributed by atoms with Crippen LogP contribution in [0, 0.1) is 0 Å². The zero-order chi connectivity index (χ0) is 18.2. The van der Waals surface area contributed by atoms with Crippen LogP contribution < -0.4 is 10.1 Å². The number of hydrogen-bond acceptors (Lipinski definition) is 4. The van der Waals surface area contributed by atoms with Gasteiger partial charge in [-0.3, -0.25) is 9.59 Å². The Morgan fingerprint density at radius 3 is 2.32 bits per heavy atom. The van der Waals surface area contributed by atoms with Crippen LogP contribution in [0.25, 0.3) is 0 Å². The molecule has 1 N–H and O–H groups in total. The molecule has 1 atom stereocenters. The summed E-state index contributed by atoms with van der Waals surface area (Å²) in [4.78, 5) is 24.1. The van der Waals surface area contributed by atoms with Gasteiger partial charge in [0, 0.05) is 0 Å². The summed E-state index contributed by atoms with van der Waals surface area (Å²) in [5.41, 5.74) is 0.641. The molecule has 0 fully saturated rings. The fourth-order valence-electron chi connectivity index (χ4n) is 2.28. The zero-order valence-corrected chi connectivity index (χ0v) is 13.4. The van der Waals surface area contributed by atoms with Crippen molar-refractivity contribution >= 4 is 11.9 Å². The third-order valence-electron chi connectivity index (χ3n) is 3.45. The van der Waals surface area contributed by atoms with Gasteiger partial charge in [-0.2, -0.15) is 8.78 Å². The Morgan fingerprint density at radius 1 is 1.04 bits per heavy atom. The van der Waals surface area contributed by atoms with Crippen LogP contribution >= 0.6 is 0 Å². The van der Waals surface area contributed by atoms with Gasteiger partial charge in [0.15, 0.2) is 0 Å². The number of carbonyl (C=O) groups is 2. The van der Waals surface area contributed by atoms with E-state index in [2.05, 4.69) is 14.8 Å². The minimum atomic E-state index is -3.05. The number of methoxy groups -OCH3 is 1. The molecule has 1 amide bonds. The van der Waals surface area contributed by atoms with Gasteiger partial charge in [0.1, 0.15) is 5.75 Å². The number of para-hydroxylation sites is 1. The SMILES string of the molecule is COC(=O)CC(NC(=O)c1ccccc1OC(F)F)c1ccccc1. The molecule has 7 heteroatoms. The molecule has 0 bridgehead atoms. The van der Waals surface area contributed by atoms with Gasteiger partial charge in [-0.1, -0.05) is 42.5 Å². The molecule has 2 aromatic carbocycles. The van der Waals surface area contributed by atoms with Crippen molar-refractivity contribution in [1.82, 2.24) is 5.32 Å². The highest BCUT2D eigenvalue weighted by Gasteiger charge is 2.22. The van der Waals surface area contributed by atoms with Crippen molar-refractivity contribution in [2.45, 2.75) is 19.1 Å². The Morgan fingerprint density at radius 2 is 1.68 bits per heavy atom. The summed E-state index contributed by atoms with van der Waals surface area (Å²) in [5.74, 6) is -1.37. The maximum absolute atomic E-state index is 12.5. The number of benzene rings is 2. The summed E-state index contributed by atoms with van der Waals surface area (Å²) in [6.07, 6.45) is -0.0931. The molecule has 5 nitrogen and oxygen atoms in total. The maximum atomic E-state index is 12.5. The number of alkyl halides is 2.